The average molecular weight is 180 g/mol. The second kappa shape index (κ2) is 3.11. The molecule has 0 bridgehead atoms. The standard InChI is InChI=1S/C12H20O/c1-12(2)8-7-9-5-3-4-6-10(9)11(12)13/h9-10H,3-8H2,1-2H3. The predicted octanol–water partition coefficient (Wildman–Crippen LogP) is 3.18. The molecule has 2 fully saturated rings. The minimum atomic E-state index is -0.0154. The summed E-state index contributed by atoms with van der Waals surface area (Å²) in [7, 11) is 0. The number of fused-ring (bicyclic) bond motifs is 1. The first-order valence-corrected chi connectivity index (χ1v) is 5.65. The summed E-state index contributed by atoms with van der Waals surface area (Å²) < 4.78 is 0. The van der Waals surface area contributed by atoms with Crippen molar-refractivity contribution in [2.75, 3.05) is 0 Å². The van der Waals surface area contributed by atoms with Crippen molar-refractivity contribution < 1.29 is 4.79 Å². The van der Waals surface area contributed by atoms with E-state index in [1.807, 2.05) is 0 Å². The summed E-state index contributed by atoms with van der Waals surface area (Å²) in [6.45, 7) is 4.25. The van der Waals surface area contributed by atoms with Gasteiger partial charge >= 0.3 is 0 Å². The van der Waals surface area contributed by atoms with Gasteiger partial charge in [0.1, 0.15) is 5.78 Å². The lowest BCUT2D eigenvalue weighted by atomic mass is 9.62. The zero-order valence-electron chi connectivity index (χ0n) is 8.81. The third-order valence-electron chi connectivity index (χ3n) is 4.05. The highest BCUT2D eigenvalue weighted by atomic mass is 16.1. The van der Waals surface area contributed by atoms with Crippen LogP contribution in [0, 0.1) is 17.3 Å². The summed E-state index contributed by atoms with van der Waals surface area (Å²) in [5, 5.41) is 0. The zero-order chi connectivity index (χ0) is 9.47. The monoisotopic (exact) mass is 180 g/mol. The van der Waals surface area contributed by atoms with Gasteiger partial charge in [-0.05, 0) is 31.6 Å². The van der Waals surface area contributed by atoms with E-state index in [-0.39, 0.29) is 5.41 Å². The van der Waals surface area contributed by atoms with Gasteiger partial charge in [-0.1, -0.05) is 26.7 Å². The molecule has 1 nitrogen and oxygen atoms in total. The Morgan fingerprint density at radius 3 is 2.62 bits per heavy atom. The molecule has 0 aliphatic heterocycles. The second-order valence-corrected chi connectivity index (χ2v) is 5.44. The molecule has 0 aromatic carbocycles. The van der Waals surface area contributed by atoms with E-state index in [2.05, 4.69) is 13.8 Å². The first kappa shape index (κ1) is 9.23. The Bertz CT molecular complexity index is 217. The number of hydrogen-bond acceptors (Lipinski definition) is 1. The smallest absolute Gasteiger partial charge is 0.141 e. The quantitative estimate of drug-likeness (QED) is 0.559. The van der Waals surface area contributed by atoms with Crippen molar-refractivity contribution in [2.24, 2.45) is 17.3 Å². The molecule has 0 N–H and O–H groups in total. The van der Waals surface area contributed by atoms with E-state index in [1.165, 1.54) is 32.1 Å². The average Bonchev–Trinajstić information content (AvgIpc) is 2.13. The third kappa shape index (κ3) is 1.53. The van der Waals surface area contributed by atoms with Gasteiger partial charge < -0.3 is 0 Å². The van der Waals surface area contributed by atoms with Crippen LogP contribution in [-0.4, -0.2) is 5.78 Å². The molecular formula is C12H20O. The van der Waals surface area contributed by atoms with Crippen LogP contribution in [0.2, 0.25) is 0 Å². The molecule has 0 spiro atoms. The summed E-state index contributed by atoms with van der Waals surface area (Å²) in [6, 6.07) is 0. The Hall–Kier alpha value is -0.330. The Labute approximate surface area is 80.9 Å². The fraction of sp³-hybridized carbons (Fsp3) is 0.917. The minimum Gasteiger partial charge on any atom is -0.299 e. The lowest BCUT2D eigenvalue weighted by molar-refractivity contribution is -0.138. The van der Waals surface area contributed by atoms with Gasteiger partial charge in [0, 0.05) is 11.3 Å². The van der Waals surface area contributed by atoms with E-state index < -0.39 is 0 Å². The van der Waals surface area contributed by atoms with Crippen LogP contribution in [0.5, 0.6) is 0 Å². The van der Waals surface area contributed by atoms with Crippen LogP contribution in [0.25, 0.3) is 0 Å². The SMILES string of the molecule is CC1(C)CCC2CCCCC2C1=O. The maximum Gasteiger partial charge on any atom is 0.141 e. The van der Waals surface area contributed by atoms with E-state index in [0.717, 1.165) is 12.3 Å². The highest BCUT2D eigenvalue weighted by Gasteiger charge is 2.43. The molecule has 74 valence electrons. The number of rotatable bonds is 0. The first-order chi connectivity index (χ1) is 6.11. The maximum atomic E-state index is 12.1. The highest BCUT2D eigenvalue weighted by molar-refractivity contribution is 5.87. The van der Waals surface area contributed by atoms with Crippen LogP contribution >= 0.6 is 0 Å². The lowest BCUT2D eigenvalue weighted by Gasteiger charge is -2.41. The number of hydrogen-bond donors (Lipinski definition) is 0. The van der Waals surface area contributed by atoms with Gasteiger partial charge in [0.05, 0.1) is 0 Å². The summed E-state index contributed by atoms with van der Waals surface area (Å²) in [4.78, 5) is 12.1. The van der Waals surface area contributed by atoms with Gasteiger partial charge in [-0.2, -0.15) is 0 Å². The second-order valence-electron chi connectivity index (χ2n) is 5.44. The Kier molecular flexibility index (Phi) is 2.21. The minimum absolute atomic E-state index is 0.0154. The van der Waals surface area contributed by atoms with Gasteiger partial charge in [0.15, 0.2) is 0 Å². The topological polar surface area (TPSA) is 17.1 Å². The fourth-order valence-corrected chi connectivity index (χ4v) is 3.07. The third-order valence-corrected chi connectivity index (χ3v) is 4.05. The van der Waals surface area contributed by atoms with Crippen LogP contribution in [-0.2, 0) is 4.79 Å². The zero-order valence-corrected chi connectivity index (χ0v) is 8.81. The largest absolute Gasteiger partial charge is 0.299 e. The van der Waals surface area contributed by atoms with E-state index in [4.69, 9.17) is 0 Å². The molecule has 2 atom stereocenters. The molecule has 2 aliphatic carbocycles. The molecular weight excluding hydrogens is 160 g/mol. The first-order valence-electron chi connectivity index (χ1n) is 5.65. The maximum absolute atomic E-state index is 12.1. The molecule has 0 amide bonds. The van der Waals surface area contributed by atoms with Crippen molar-refractivity contribution >= 4 is 5.78 Å². The molecule has 0 aromatic heterocycles. The Morgan fingerprint density at radius 1 is 1.15 bits per heavy atom. The lowest BCUT2D eigenvalue weighted by Crippen LogP contribution is -2.41. The molecule has 2 unspecified atom stereocenters. The van der Waals surface area contributed by atoms with E-state index >= 15 is 0 Å². The van der Waals surface area contributed by atoms with Crippen molar-refractivity contribution in [3.8, 4) is 0 Å². The van der Waals surface area contributed by atoms with Crippen molar-refractivity contribution in [1.82, 2.24) is 0 Å². The Morgan fingerprint density at radius 2 is 1.85 bits per heavy atom. The van der Waals surface area contributed by atoms with Crippen LogP contribution in [0.1, 0.15) is 52.4 Å². The van der Waals surface area contributed by atoms with Gasteiger partial charge in [-0.25, -0.2) is 0 Å². The van der Waals surface area contributed by atoms with Crippen LogP contribution < -0.4 is 0 Å². The van der Waals surface area contributed by atoms with Crippen LogP contribution in [0.15, 0.2) is 0 Å². The Balaban J connectivity index is 2.14. The summed E-state index contributed by atoms with van der Waals surface area (Å²) in [5.74, 6) is 1.73. The summed E-state index contributed by atoms with van der Waals surface area (Å²) >= 11 is 0. The number of carbonyl (C=O) groups is 1. The van der Waals surface area contributed by atoms with E-state index in [1.54, 1.807) is 0 Å². The molecule has 13 heavy (non-hydrogen) atoms. The highest BCUT2D eigenvalue weighted by Crippen LogP contribution is 2.45. The van der Waals surface area contributed by atoms with E-state index in [0.29, 0.717) is 11.7 Å². The molecule has 2 aliphatic rings. The summed E-state index contributed by atoms with van der Waals surface area (Å²) in [5.41, 5.74) is -0.0154. The molecule has 0 saturated heterocycles. The van der Waals surface area contributed by atoms with Gasteiger partial charge in [0.2, 0.25) is 0 Å². The molecule has 2 saturated carbocycles. The number of Topliss-reactive ketones (excluding diaryl/α,β-unsaturated/α-hetero) is 1. The molecule has 0 aromatic rings. The van der Waals surface area contributed by atoms with E-state index in [9.17, 15) is 4.79 Å². The van der Waals surface area contributed by atoms with Gasteiger partial charge in [-0.3, -0.25) is 4.79 Å². The molecule has 2 rings (SSSR count). The molecule has 0 radical (unpaired) electrons. The van der Waals surface area contributed by atoms with Gasteiger partial charge in [-0.15, -0.1) is 0 Å². The molecule has 0 heterocycles. The number of carbonyl (C=O) groups excluding carboxylic acids is 1. The van der Waals surface area contributed by atoms with Crippen LogP contribution in [0.3, 0.4) is 0 Å². The fourth-order valence-electron chi connectivity index (χ4n) is 3.07. The van der Waals surface area contributed by atoms with Gasteiger partial charge in [0.25, 0.3) is 0 Å². The molecule has 1 heteroatoms. The summed E-state index contributed by atoms with van der Waals surface area (Å²) in [6.07, 6.45) is 7.54. The predicted molar refractivity (Wildman–Crippen MR) is 53.5 cm³/mol. The number of ketones is 1. The normalized spacial score (nSPS) is 38.5. The van der Waals surface area contributed by atoms with Crippen molar-refractivity contribution in [1.29, 1.82) is 0 Å². The van der Waals surface area contributed by atoms with Crippen molar-refractivity contribution in [2.45, 2.75) is 52.4 Å². The van der Waals surface area contributed by atoms with Crippen LogP contribution in [0.4, 0.5) is 0 Å². The van der Waals surface area contributed by atoms with Crippen molar-refractivity contribution in [3.63, 3.8) is 0 Å². The van der Waals surface area contributed by atoms with Crippen molar-refractivity contribution in [3.05, 3.63) is 0 Å².